The van der Waals surface area contributed by atoms with Gasteiger partial charge in [0, 0.05) is 0 Å². The van der Waals surface area contributed by atoms with Crippen LogP contribution in [-0.2, 0) is 4.79 Å². The molecule has 0 amide bonds. The SMILES string of the molecule is O=C(Cl)CC(F)(F)C(F)(F)C(F)(F)C(F)(F)C(F)(F)C(F)(F)F. The standard InChI is InChI=1S/C8H2ClF13O/c9-2(23)1-3(10,11)4(12,13)5(14,15)6(16,17)7(18,19)8(20,21)22/h1H2. The Balaban J connectivity index is 6.19. The molecule has 0 bridgehead atoms. The fourth-order valence-corrected chi connectivity index (χ4v) is 1.26. The third-order valence-electron chi connectivity index (χ3n) is 2.36. The predicted octanol–water partition coefficient (Wildman–Crippen LogP) is 4.88. The van der Waals surface area contributed by atoms with Crippen molar-refractivity contribution in [3.8, 4) is 0 Å². The quantitative estimate of drug-likeness (QED) is 0.462. The van der Waals surface area contributed by atoms with Crippen molar-refractivity contribution in [1.29, 1.82) is 0 Å². The fourth-order valence-electron chi connectivity index (χ4n) is 1.09. The van der Waals surface area contributed by atoms with Gasteiger partial charge in [0.1, 0.15) is 0 Å². The first-order valence-corrected chi connectivity index (χ1v) is 5.18. The summed E-state index contributed by atoms with van der Waals surface area (Å²) >= 11 is 4.18. The molecule has 1 nitrogen and oxygen atoms in total. The summed E-state index contributed by atoms with van der Waals surface area (Å²) in [4.78, 5) is 10.0. The molecule has 0 fully saturated rings. The Kier molecular flexibility index (Phi) is 5.32. The van der Waals surface area contributed by atoms with Crippen LogP contribution in [0.25, 0.3) is 0 Å². The van der Waals surface area contributed by atoms with Crippen molar-refractivity contribution in [1.82, 2.24) is 0 Å². The van der Waals surface area contributed by atoms with Gasteiger partial charge in [-0.1, -0.05) is 0 Å². The Morgan fingerprint density at radius 2 is 0.913 bits per heavy atom. The largest absolute Gasteiger partial charge is 0.460 e. The van der Waals surface area contributed by atoms with Gasteiger partial charge < -0.3 is 0 Å². The highest BCUT2D eigenvalue weighted by Crippen LogP contribution is 2.60. The lowest BCUT2D eigenvalue weighted by atomic mass is 9.93. The Bertz CT molecular complexity index is 465. The summed E-state index contributed by atoms with van der Waals surface area (Å²) in [5, 5.41) is -2.46. The molecule has 0 spiro atoms. The second-order valence-electron chi connectivity index (χ2n) is 4.03. The normalized spacial score (nSPS) is 15.7. The maximum Gasteiger partial charge on any atom is 0.460 e. The van der Waals surface area contributed by atoms with Crippen molar-refractivity contribution in [3.05, 3.63) is 0 Å². The molecule has 0 aliphatic heterocycles. The molecular formula is C8H2ClF13O. The van der Waals surface area contributed by atoms with Crippen molar-refractivity contribution in [3.63, 3.8) is 0 Å². The first kappa shape index (κ1) is 22.1. The monoisotopic (exact) mass is 396 g/mol. The maximum atomic E-state index is 12.9. The van der Waals surface area contributed by atoms with E-state index in [2.05, 4.69) is 11.6 Å². The minimum Gasteiger partial charge on any atom is -0.281 e. The van der Waals surface area contributed by atoms with Gasteiger partial charge in [-0.3, -0.25) is 4.79 Å². The van der Waals surface area contributed by atoms with Crippen LogP contribution in [0.1, 0.15) is 6.42 Å². The molecule has 0 saturated carbocycles. The second kappa shape index (κ2) is 5.55. The van der Waals surface area contributed by atoms with Crippen LogP contribution in [0.2, 0.25) is 0 Å². The number of carbonyl (C=O) groups excluding carboxylic acids is 1. The third-order valence-corrected chi connectivity index (χ3v) is 2.49. The molecule has 0 unspecified atom stereocenters. The Morgan fingerprint density at radius 3 is 1.17 bits per heavy atom. The molecule has 0 aromatic heterocycles. The van der Waals surface area contributed by atoms with E-state index in [4.69, 9.17) is 0 Å². The van der Waals surface area contributed by atoms with Gasteiger partial charge >= 0.3 is 35.8 Å². The molecular weight excluding hydrogens is 395 g/mol. The molecule has 0 aliphatic carbocycles. The van der Waals surface area contributed by atoms with Crippen molar-refractivity contribution in [2.45, 2.75) is 42.2 Å². The number of alkyl halides is 13. The summed E-state index contributed by atoms with van der Waals surface area (Å²) in [7, 11) is 0. The van der Waals surface area contributed by atoms with Gasteiger partial charge in [0.05, 0.1) is 6.42 Å². The Hall–Kier alpha value is -0.950. The van der Waals surface area contributed by atoms with Crippen LogP contribution in [-0.4, -0.2) is 41.0 Å². The van der Waals surface area contributed by atoms with Crippen LogP contribution in [0.4, 0.5) is 57.1 Å². The van der Waals surface area contributed by atoms with E-state index in [1.165, 1.54) is 0 Å². The molecule has 0 rings (SSSR count). The molecule has 15 heteroatoms. The highest BCUT2D eigenvalue weighted by atomic mass is 35.5. The third kappa shape index (κ3) is 3.18. The van der Waals surface area contributed by atoms with E-state index in [9.17, 15) is 61.9 Å². The van der Waals surface area contributed by atoms with Crippen molar-refractivity contribution in [2.24, 2.45) is 0 Å². The van der Waals surface area contributed by atoms with Crippen LogP contribution in [0.15, 0.2) is 0 Å². The smallest absolute Gasteiger partial charge is 0.281 e. The molecule has 0 atom stereocenters. The number of carbonyl (C=O) groups is 1. The molecule has 0 radical (unpaired) electrons. The minimum atomic E-state index is -7.97. The molecule has 0 aliphatic rings. The number of hydrogen-bond donors (Lipinski definition) is 0. The average Bonchev–Trinajstić information content (AvgIpc) is 2.24. The zero-order chi connectivity index (χ0) is 19.3. The van der Waals surface area contributed by atoms with Crippen molar-refractivity contribution < 1.29 is 61.9 Å². The van der Waals surface area contributed by atoms with Crippen LogP contribution in [0.3, 0.4) is 0 Å². The second-order valence-corrected chi connectivity index (χ2v) is 4.45. The van der Waals surface area contributed by atoms with Crippen molar-refractivity contribution >= 4 is 16.8 Å². The van der Waals surface area contributed by atoms with Gasteiger partial charge in [0.15, 0.2) is 0 Å². The fraction of sp³-hybridized carbons (Fsp3) is 0.875. The van der Waals surface area contributed by atoms with E-state index < -0.39 is 47.5 Å². The van der Waals surface area contributed by atoms with Gasteiger partial charge in [0.25, 0.3) is 0 Å². The summed E-state index contributed by atoms with van der Waals surface area (Å²) in [6.45, 7) is 0. The van der Waals surface area contributed by atoms with Crippen LogP contribution in [0.5, 0.6) is 0 Å². The molecule has 0 N–H and O–H groups in total. The number of rotatable bonds is 6. The number of hydrogen-bond acceptors (Lipinski definition) is 1. The van der Waals surface area contributed by atoms with Gasteiger partial charge in [-0.2, -0.15) is 57.1 Å². The summed E-state index contributed by atoms with van der Waals surface area (Å²) in [5.74, 6) is -37.6. The summed E-state index contributed by atoms with van der Waals surface area (Å²) in [5.41, 5.74) is 0. The zero-order valence-corrected chi connectivity index (χ0v) is 10.7. The van der Waals surface area contributed by atoms with E-state index in [0.717, 1.165) is 0 Å². The van der Waals surface area contributed by atoms with Gasteiger partial charge in [-0.25, -0.2) is 0 Å². The van der Waals surface area contributed by atoms with Crippen molar-refractivity contribution in [2.75, 3.05) is 0 Å². The van der Waals surface area contributed by atoms with E-state index in [1.807, 2.05) is 0 Å². The Morgan fingerprint density at radius 1 is 0.609 bits per heavy atom. The van der Waals surface area contributed by atoms with E-state index in [1.54, 1.807) is 0 Å². The molecule has 138 valence electrons. The van der Waals surface area contributed by atoms with Crippen LogP contribution in [0, 0.1) is 0 Å². The molecule has 0 aromatic carbocycles. The lowest BCUT2D eigenvalue weighted by Crippen LogP contribution is -2.70. The van der Waals surface area contributed by atoms with Gasteiger partial charge in [-0.15, -0.1) is 0 Å². The first-order valence-electron chi connectivity index (χ1n) is 4.81. The van der Waals surface area contributed by atoms with Crippen LogP contribution < -0.4 is 0 Å². The molecule has 0 heterocycles. The molecule has 23 heavy (non-hydrogen) atoms. The first-order chi connectivity index (χ1) is 9.67. The van der Waals surface area contributed by atoms with E-state index in [0.29, 0.717) is 0 Å². The minimum absolute atomic E-state index is 2.46. The Labute approximate surface area is 122 Å². The average molecular weight is 397 g/mol. The lowest BCUT2D eigenvalue weighted by molar-refractivity contribution is -0.439. The highest BCUT2D eigenvalue weighted by Gasteiger charge is 2.90. The van der Waals surface area contributed by atoms with E-state index in [-0.39, 0.29) is 0 Å². The van der Waals surface area contributed by atoms with Gasteiger partial charge in [-0.05, 0) is 11.6 Å². The summed E-state index contributed by atoms with van der Waals surface area (Å²) in [6, 6.07) is 0. The number of halogens is 14. The summed E-state index contributed by atoms with van der Waals surface area (Å²) < 4.78 is 162. The predicted molar refractivity (Wildman–Crippen MR) is 46.3 cm³/mol. The summed E-state index contributed by atoms with van der Waals surface area (Å²) in [6.07, 6.45) is -10.5. The lowest BCUT2D eigenvalue weighted by Gasteiger charge is -2.39. The van der Waals surface area contributed by atoms with Crippen LogP contribution >= 0.6 is 11.6 Å². The molecule has 0 saturated heterocycles. The topological polar surface area (TPSA) is 17.1 Å². The zero-order valence-electron chi connectivity index (χ0n) is 9.91. The van der Waals surface area contributed by atoms with E-state index >= 15 is 0 Å². The van der Waals surface area contributed by atoms with Gasteiger partial charge in [0.2, 0.25) is 5.24 Å². The molecule has 0 aromatic rings. The maximum absolute atomic E-state index is 12.9. The highest BCUT2D eigenvalue weighted by molar-refractivity contribution is 6.63.